The number of rotatable bonds is 8. The van der Waals surface area contributed by atoms with Gasteiger partial charge in [0.2, 0.25) is 5.91 Å². The number of nitrogens with zero attached hydrogens (tertiary/aromatic N) is 4. The number of benzene rings is 4. The minimum absolute atomic E-state index is 0.0758. The van der Waals surface area contributed by atoms with Crippen molar-refractivity contribution < 1.29 is 14.7 Å². The van der Waals surface area contributed by atoms with E-state index in [-0.39, 0.29) is 17.7 Å². The smallest absolute Gasteiger partial charge is 0.255 e. The van der Waals surface area contributed by atoms with Gasteiger partial charge in [-0.25, -0.2) is 0 Å². The number of carbonyl (C=O) groups excluding carboxylic acids is 2. The van der Waals surface area contributed by atoms with Gasteiger partial charge in [-0.3, -0.25) is 14.3 Å². The average Bonchev–Trinajstić information content (AvgIpc) is 3.81. The predicted molar refractivity (Wildman–Crippen MR) is 211 cm³/mol. The Morgan fingerprint density at radius 1 is 0.815 bits per heavy atom. The fourth-order valence-corrected chi connectivity index (χ4v) is 9.43. The molecule has 2 amide bonds. The van der Waals surface area contributed by atoms with Gasteiger partial charge in [-0.2, -0.15) is 5.10 Å². The number of amides is 2. The van der Waals surface area contributed by atoms with Crippen molar-refractivity contribution >= 4 is 17.5 Å². The summed E-state index contributed by atoms with van der Waals surface area (Å²) in [6.07, 6.45) is 10.8. The van der Waals surface area contributed by atoms with Gasteiger partial charge in [0, 0.05) is 60.8 Å². The number of aromatic nitrogens is 2. The van der Waals surface area contributed by atoms with Gasteiger partial charge in [0.25, 0.3) is 5.91 Å². The number of anilines is 1. The maximum atomic E-state index is 13.2. The SMILES string of the molecule is C=C1CCC(N2Cc3cc(-c4cnn(CCC5CCN(c6ccc([C@@H]7c8ccc(O)cc8CC[C@@H]7c7ccccc7)cc6)CC5)c4)ccc3C2=O)C(=O)N1. The van der Waals surface area contributed by atoms with Gasteiger partial charge in [0.05, 0.1) is 6.20 Å². The van der Waals surface area contributed by atoms with Gasteiger partial charge in [0.1, 0.15) is 11.8 Å². The van der Waals surface area contributed by atoms with Crippen LogP contribution in [-0.4, -0.2) is 50.7 Å². The maximum Gasteiger partial charge on any atom is 0.255 e. The normalized spacial score (nSPS) is 21.6. The lowest BCUT2D eigenvalue weighted by Crippen LogP contribution is -2.49. The molecule has 8 nitrogen and oxygen atoms in total. The lowest BCUT2D eigenvalue weighted by atomic mass is 9.69. The van der Waals surface area contributed by atoms with Crippen molar-refractivity contribution in [1.82, 2.24) is 20.0 Å². The van der Waals surface area contributed by atoms with E-state index in [1.54, 1.807) is 4.90 Å². The molecule has 1 aliphatic carbocycles. The Bertz CT molecular complexity index is 2200. The fraction of sp³-hybridized carbons (Fsp3) is 0.326. The topological polar surface area (TPSA) is 90.7 Å². The highest BCUT2D eigenvalue weighted by Crippen LogP contribution is 2.47. The van der Waals surface area contributed by atoms with Crippen LogP contribution in [0.5, 0.6) is 5.75 Å². The van der Waals surface area contributed by atoms with E-state index >= 15 is 0 Å². The molecule has 4 aromatic carbocycles. The number of hydrogen-bond donors (Lipinski definition) is 2. The molecule has 1 unspecified atom stereocenters. The van der Waals surface area contributed by atoms with Gasteiger partial charge in [-0.05, 0) is 127 Å². The molecule has 0 radical (unpaired) electrons. The van der Waals surface area contributed by atoms with Crippen molar-refractivity contribution in [3.05, 3.63) is 149 Å². The van der Waals surface area contributed by atoms with Crippen LogP contribution in [0, 0.1) is 5.92 Å². The van der Waals surface area contributed by atoms with Crippen molar-refractivity contribution in [1.29, 1.82) is 0 Å². The number of allylic oxidation sites excluding steroid dienone is 1. The highest BCUT2D eigenvalue weighted by molar-refractivity contribution is 6.02. The summed E-state index contributed by atoms with van der Waals surface area (Å²) < 4.78 is 2.05. The van der Waals surface area contributed by atoms with Gasteiger partial charge in [0.15, 0.2) is 0 Å². The van der Waals surface area contributed by atoms with E-state index in [1.165, 1.54) is 27.9 Å². The van der Waals surface area contributed by atoms with E-state index in [1.807, 2.05) is 30.5 Å². The molecule has 4 heterocycles. The summed E-state index contributed by atoms with van der Waals surface area (Å²) in [6, 6.07) is 31.6. The van der Waals surface area contributed by atoms with Crippen LogP contribution in [0.25, 0.3) is 11.1 Å². The van der Waals surface area contributed by atoms with Crippen LogP contribution in [0.15, 0.2) is 116 Å². The lowest BCUT2D eigenvalue weighted by molar-refractivity contribution is -0.126. The monoisotopic (exact) mass is 717 g/mol. The van der Waals surface area contributed by atoms with Gasteiger partial charge in [-0.1, -0.05) is 61.2 Å². The van der Waals surface area contributed by atoms with Crippen LogP contribution in [0.1, 0.15) is 88.5 Å². The van der Waals surface area contributed by atoms with E-state index in [0.717, 1.165) is 74.1 Å². The Morgan fingerprint density at radius 2 is 1.63 bits per heavy atom. The first kappa shape index (κ1) is 34.2. The molecule has 4 aliphatic rings. The largest absolute Gasteiger partial charge is 0.508 e. The Balaban J connectivity index is 0.805. The van der Waals surface area contributed by atoms with Crippen molar-refractivity contribution in [2.45, 2.75) is 75.9 Å². The molecule has 0 spiro atoms. The number of aromatic hydroxyl groups is 1. The summed E-state index contributed by atoms with van der Waals surface area (Å²) in [5, 5.41) is 17.7. The van der Waals surface area contributed by atoms with E-state index < -0.39 is 6.04 Å². The van der Waals surface area contributed by atoms with E-state index in [9.17, 15) is 14.7 Å². The minimum atomic E-state index is -0.454. The first-order valence-electron chi connectivity index (χ1n) is 19.5. The summed E-state index contributed by atoms with van der Waals surface area (Å²) in [5.41, 5.74) is 11.0. The van der Waals surface area contributed by atoms with Crippen molar-refractivity contribution in [3.63, 3.8) is 0 Å². The molecule has 274 valence electrons. The number of phenolic OH excluding ortho intramolecular Hbond substituents is 1. The fourth-order valence-electron chi connectivity index (χ4n) is 9.43. The zero-order valence-corrected chi connectivity index (χ0v) is 30.7. The van der Waals surface area contributed by atoms with Crippen LogP contribution in [-0.2, 0) is 24.3 Å². The molecule has 3 atom stereocenters. The number of fused-ring (bicyclic) bond motifs is 2. The van der Waals surface area contributed by atoms with Gasteiger partial charge in [-0.15, -0.1) is 0 Å². The average molecular weight is 718 g/mol. The number of aryl methyl sites for hydroxylation is 2. The first-order valence-corrected chi connectivity index (χ1v) is 19.5. The number of hydrogen-bond acceptors (Lipinski definition) is 5. The Labute approximate surface area is 317 Å². The Kier molecular flexibility index (Phi) is 9.05. The molecule has 0 saturated carbocycles. The van der Waals surface area contributed by atoms with Gasteiger partial charge >= 0.3 is 0 Å². The molecule has 5 aromatic rings. The highest BCUT2D eigenvalue weighted by atomic mass is 16.3. The first-order chi connectivity index (χ1) is 26.4. The van der Waals surface area contributed by atoms with Crippen LogP contribution in [0.3, 0.4) is 0 Å². The molecule has 0 bridgehead atoms. The molecule has 1 aromatic heterocycles. The minimum Gasteiger partial charge on any atom is -0.508 e. The molecule has 2 saturated heterocycles. The summed E-state index contributed by atoms with van der Waals surface area (Å²) in [7, 11) is 0. The highest BCUT2D eigenvalue weighted by Gasteiger charge is 2.38. The van der Waals surface area contributed by atoms with Crippen LogP contribution in [0.2, 0.25) is 0 Å². The van der Waals surface area contributed by atoms with Crippen molar-refractivity contribution in [3.8, 4) is 16.9 Å². The standard InChI is InChI=1S/C46H47N5O3/c1-30-7-18-43(45(53)48-30)51-29-36-25-34(10-16-42(36)46(51)54)37-27-47-50(28-37)24-21-31-19-22-49(23-20-31)38-12-8-33(9-13-38)44-40(32-5-3-2-4-6-32)15-11-35-26-39(52)14-17-41(35)44/h2-6,8-10,12-14,16-17,25-28,31,40,43-44,52H,1,7,11,15,18-24,29H2,(H,48,53)/t40-,43?,44+/m1/s1. The predicted octanol–water partition coefficient (Wildman–Crippen LogP) is 8.17. The summed E-state index contributed by atoms with van der Waals surface area (Å²) >= 11 is 0. The number of carbonyl (C=O) groups is 2. The second-order valence-corrected chi connectivity index (χ2v) is 15.7. The number of nitrogens with one attached hydrogen (secondary N) is 1. The molecule has 3 aliphatic heterocycles. The van der Waals surface area contributed by atoms with Crippen molar-refractivity contribution in [2.24, 2.45) is 5.92 Å². The van der Waals surface area contributed by atoms with Crippen molar-refractivity contribution in [2.75, 3.05) is 18.0 Å². The van der Waals surface area contributed by atoms with E-state index in [4.69, 9.17) is 5.10 Å². The summed E-state index contributed by atoms with van der Waals surface area (Å²) in [5.74, 6) is 1.44. The zero-order valence-electron chi connectivity index (χ0n) is 30.7. The molecular weight excluding hydrogens is 671 g/mol. The molecule has 9 rings (SSSR count). The third-order valence-electron chi connectivity index (χ3n) is 12.4. The van der Waals surface area contributed by atoms with E-state index in [2.05, 4.69) is 94.4 Å². The van der Waals surface area contributed by atoms with Crippen LogP contribution < -0.4 is 10.2 Å². The second kappa shape index (κ2) is 14.3. The number of piperidine rings is 2. The zero-order chi connectivity index (χ0) is 36.8. The van der Waals surface area contributed by atoms with Crippen LogP contribution >= 0.6 is 0 Å². The Hall–Kier alpha value is -5.63. The second-order valence-electron chi connectivity index (χ2n) is 15.7. The quantitative estimate of drug-likeness (QED) is 0.169. The summed E-state index contributed by atoms with van der Waals surface area (Å²) in [4.78, 5) is 30.0. The molecular formula is C46H47N5O3. The third kappa shape index (κ3) is 6.59. The molecule has 8 heteroatoms. The number of phenols is 1. The molecule has 2 N–H and O–H groups in total. The lowest BCUT2D eigenvalue weighted by Gasteiger charge is -2.36. The maximum absolute atomic E-state index is 13.2. The van der Waals surface area contributed by atoms with E-state index in [0.29, 0.717) is 42.5 Å². The van der Waals surface area contributed by atoms with Gasteiger partial charge < -0.3 is 20.2 Å². The summed E-state index contributed by atoms with van der Waals surface area (Å²) in [6.45, 7) is 7.29. The third-order valence-corrected chi connectivity index (χ3v) is 12.4. The molecule has 2 fully saturated rings. The molecule has 54 heavy (non-hydrogen) atoms. The Morgan fingerprint density at radius 3 is 2.43 bits per heavy atom. The van der Waals surface area contributed by atoms with Crippen LogP contribution in [0.4, 0.5) is 5.69 Å².